The number of ether oxygens (including phenoxy) is 1. The minimum absolute atomic E-state index is 0.593. The predicted molar refractivity (Wildman–Crippen MR) is 52.6 cm³/mol. The van der Waals surface area contributed by atoms with E-state index in [9.17, 15) is 0 Å². The first-order valence-electron chi connectivity index (χ1n) is 3.92. The topological polar surface area (TPSA) is 9.23 Å². The highest BCUT2D eigenvalue weighted by atomic mass is 35.5. The fourth-order valence-corrected chi connectivity index (χ4v) is 1.04. The van der Waals surface area contributed by atoms with E-state index in [0.29, 0.717) is 22.8 Å². The van der Waals surface area contributed by atoms with Crippen LogP contribution in [0.5, 0.6) is 5.75 Å². The van der Waals surface area contributed by atoms with Crippen molar-refractivity contribution in [1.82, 2.24) is 0 Å². The van der Waals surface area contributed by atoms with Crippen LogP contribution in [0.15, 0.2) is 18.2 Å². The lowest BCUT2D eigenvalue weighted by Crippen LogP contribution is -2.09. The lowest BCUT2D eigenvalue weighted by atomic mass is 9.95. The Balaban J connectivity index is 2.72. The van der Waals surface area contributed by atoms with Gasteiger partial charge in [-0.05, 0) is 24.6 Å². The number of benzene rings is 1. The molecule has 0 aliphatic carbocycles. The molecule has 0 N–H and O–H groups in total. The van der Waals surface area contributed by atoms with Crippen molar-refractivity contribution in [3.8, 4) is 5.75 Å². The molecule has 3 heteroatoms. The molecule has 1 nitrogen and oxygen atoms in total. The van der Waals surface area contributed by atoms with Crippen LogP contribution in [0.1, 0.15) is 13.3 Å². The summed E-state index contributed by atoms with van der Waals surface area (Å²) < 4.78 is 5.36. The van der Waals surface area contributed by atoms with Gasteiger partial charge in [0.05, 0.1) is 6.61 Å². The van der Waals surface area contributed by atoms with Crippen LogP contribution in [0.2, 0.25) is 5.02 Å². The average molecular weight is 180 g/mol. The van der Waals surface area contributed by atoms with Gasteiger partial charge in [-0.2, -0.15) is 0 Å². The van der Waals surface area contributed by atoms with Crippen LogP contribution in [-0.4, -0.2) is 14.5 Å². The van der Waals surface area contributed by atoms with Gasteiger partial charge in [0, 0.05) is 5.02 Å². The molecule has 0 saturated carbocycles. The molecule has 1 aromatic carbocycles. The average Bonchev–Trinajstić information content (AvgIpc) is 2.03. The standard InChI is InChI=1S/C9H10BClO/c1-2-5-12-9-4-3-7(11)6-8(9)10/h3-4,6H,2,5H2,1H3. The van der Waals surface area contributed by atoms with E-state index >= 15 is 0 Å². The normalized spacial score (nSPS) is 9.83. The van der Waals surface area contributed by atoms with Gasteiger partial charge in [-0.1, -0.05) is 24.0 Å². The summed E-state index contributed by atoms with van der Waals surface area (Å²) in [6.07, 6.45) is 0.974. The second kappa shape index (κ2) is 4.41. The predicted octanol–water partition coefficient (Wildman–Crippen LogP) is 1.92. The minimum Gasteiger partial charge on any atom is -0.494 e. The molecule has 12 heavy (non-hydrogen) atoms. The van der Waals surface area contributed by atoms with Gasteiger partial charge in [-0.3, -0.25) is 0 Å². The Bertz CT molecular complexity index is 263. The molecule has 0 aliphatic heterocycles. The maximum absolute atomic E-state index is 5.72. The second-order valence-corrected chi connectivity index (χ2v) is 2.97. The number of hydrogen-bond donors (Lipinski definition) is 0. The molecule has 1 rings (SSSR count). The third kappa shape index (κ3) is 2.45. The van der Waals surface area contributed by atoms with Crippen molar-refractivity contribution in [1.29, 1.82) is 0 Å². The van der Waals surface area contributed by atoms with Crippen LogP contribution in [0, 0.1) is 0 Å². The van der Waals surface area contributed by atoms with Crippen molar-refractivity contribution in [3.05, 3.63) is 23.2 Å². The van der Waals surface area contributed by atoms with Crippen molar-refractivity contribution in [2.24, 2.45) is 0 Å². The summed E-state index contributed by atoms with van der Waals surface area (Å²) >= 11 is 5.72. The highest BCUT2D eigenvalue weighted by molar-refractivity contribution is 6.37. The van der Waals surface area contributed by atoms with Crippen LogP contribution in [0.25, 0.3) is 0 Å². The summed E-state index contributed by atoms with van der Waals surface area (Å²) in [5, 5.41) is 0.636. The SMILES string of the molecule is [B]c1cc(Cl)ccc1OCCC. The molecular formula is C9H10BClO. The van der Waals surface area contributed by atoms with E-state index in [2.05, 4.69) is 0 Å². The van der Waals surface area contributed by atoms with Gasteiger partial charge in [0.2, 0.25) is 0 Å². The fraction of sp³-hybridized carbons (Fsp3) is 0.333. The molecule has 0 unspecified atom stereocenters. The maximum Gasteiger partial charge on any atom is 0.119 e. The minimum atomic E-state index is 0.593. The third-order valence-corrected chi connectivity index (χ3v) is 1.67. The fourth-order valence-electron chi connectivity index (χ4n) is 0.863. The van der Waals surface area contributed by atoms with Crippen LogP contribution in [0.4, 0.5) is 0 Å². The van der Waals surface area contributed by atoms with Crippen LogP contribution < -0.4 is 10.2 Å². The van der Waals surface area contributed by atoms with E-state index in [4.69, 9.17) is 24.2 Å². The molecule has 0 amide bonds. The van der Waals surface area contributed by atoms with Gasteiger partial charge in [-0.15, -0.1) is 0 Å². The monoisotopic (exact) mass is 180 g/mol. The molecule has 0 fully saturated rings. The summed E-state index contributed by atoms with van der Waals surface area (Å²) in [6.45, 7) is 2.73. The molecular weight excluding hydrogens is 170 g/mol. The largest absolute Gasteiger partial charge is 0.494 e. The van der Waals surface area contributed by atoms with E-state index in [1.807, 2.05) is 6.92 Å². The first-order chi connectivity index (χ1) is 5.74. The second-order valence-electron chi connectivity index (χ2n) is 2.53. The molecule has 62 valence electrons. The molecule has 0 saturated heterocycles. The van der Waals surface area contributed by atoms with Crippen molar-refractivity contribution in [2.75, 3.05) is 6.61 Å². The molecule has 0 aliphatic rings. The number of halogens is 1. The quantitative estimate of drug-likeness (QED) is 0.646. The van der Waals surface area contributed by atoms with Crippen LogP contribution >= 0.6 is 11.6 Å². The van der Waals surface area contributed by atoms with Crippen molar-refractivity contribution in [2.45, 2.75) is 13.3 Å². The molecule has 0 aromatic heterocycles. The van der Waals surface area contributed by atoms with Gasteiger partial charge in [0.1, 0.15) is 13.6 Å². The van der Waals surface area contributed by atoms with Crippen LogP contribution in [0.3, 0.4) is 0 Å². The molecule has 1 aromatic rings. The number of rotatable bonds is 3. The summed E-state index contributed by atoms with van der Waals surface area (Å²) in [7, 11) is 5.65. The van der Waals surface area contributed by atoms with E-state index < -0.39 is 0 Å². The summed E-state index contributed by atoms with van der Waals surface area (Å²) in [5.41, 5.74) is 0.593. The lowest BCUT2D eigenvalue weighted by molar-refractivity contribution is 0.320. The highest BCUT2D eigenvalue weighted by Crippen LogP contribution is 2.12. The molecule has 0 heterocycles. The van der Waals surface area contributed by atoms with Gasteiger partial charge < -0.3 is 4.74 Å². The van der Waals surface area contributed by atoms with E-state index in [1.165, 1.54) is 0 Å². The Morgan fingerprint density at radius 3 is 2.83 bits per heavy atom. The lowest BCUT2D eigenvalue weighted by Gasteiger charge is -2.07. The Hall–Kier alpha value is -0.625. The molecule has 0 spiro atoms. The smallest absolute Gasteiger partial charge is 0.119 e. The Morgan fingerprint density at radius 1 is 1.50 bits per heavy atom. The first kappa shape index (κ1) is 9.46. The summed E-state index contributed by atoms with van der Waals surface area (Å²) in [5.74, 6) is 0.709. The Labute approximate surface area is 79.1 Å². The van der Waals surface area contributed by atoms with Gasteiger partial charge >= 0.3 is 0 Å². The highest BCUT2D eigenvalue weighted by Gasteiger charge is 1.97. The van der Waals surface area contributed by atoms with Crippen molar-refractivity contribution < 1.29 is 4.74 Å². The van der Waals surface area contributed by atoms with Crippen LogP contribution in [-0.2, 0) is 0 Å². The van der Waals surface area contributed by atoms with E-state index in [-0.39, 0.29) is 0 Å². The van der Waals surface area contributed by atoms with Gasteiger partial charge in [0.25, 0.3) is 0 Å². The summed E-state index contributed by atoms with van der Waals surface area (Å²) in [6, 6.07) is 5.24. The molecule has 2 radical (unpaired) electrons. The molecule has 0 bridgehead atoms. The van der Waals surface area contributed by atoms with E-state index in [0.717, 1.165) is 6.42 Å². The van der Waals surface area contributed by atoms with Gasteiger partial charge in [0.15, 0.2) is 0 Å². The summed E-state index contributed by atoms with van der Waals surface area (Å²) in [4.78, 5) is 0. The first-order valence-corrected chi connectivity index (χ1v) is 4.29. The zero-order valence-electron chi connectivity index (χ0n) is 7.01. The maximum atomic E-state index is 5.72. The zero-order valence-corrected chi connectivity index (χ0v) is 7.77. The van der Waals surface area contributed by atoms with Gasteiger partial charge in [-0.25, -0.2) is 0 Å². The molecule has 0 atom stereocenters. The Kier molecular flexibility index (Phi) is 3.48. The van der Waals surface area contributed by atoms with Crippen molar-refractivity contribution in [3.63, 3.8) is 0 Å². The zero-order chi connectivity index (χ0) is 8.97. The Morgan fingerprint density at radius 2 is 2.25 bits per heavy atom. The van der Waals surface area contributed by atoms with E-state index in [1.54, 1.807) is 18.2 Å². The number of hydrogen-bond acceptors (Lipinski definition) is 1. The van der Waals surface area contributed by atoms with Crippen molar-refractivity contribution >= 4 is 24.9 Å². The third-order valence-electron chi connectivity index (χ3n) is 1.43.